The number of rotatable bonds is 3. The lowest BCUT2D eigenvalue weighted by Crippen LogP contribution is -2.27. The van der Waals surface area contributed by atoms with E-state index in [0.717, 1.165) is 3.57 Å². The van der Waals surface area contributed by atoms with Crippen molar-refractivity contribution >= 4 is 28.5 Å². The number of amides is 1. The molecule has 5 nitrogen and oxygen atoms in total. The predicted octanol–water partition coefficient (Wildman–Crippen LogP) is 2.21. The molecule has 0 saturated heterocycles. The average Bonchev–Trinajstić information content (AvgIpc) is 2.85. The van der Waals surface area contributed by atoms with E-state index in [1.807, 2.05) is 6.92 Å². The van der Waals surface area contributed by atoms with Crippen molar-refractivity contribution in [1.29, 1.82) is 0 Å². The van der Waals surface area contributed by atoms with Gasteiger partial charge in [-0.3, -0.25) is 4.79 Å². The second-order valence-corrected chi connectivity index (χ2v) is 5.08. The number of imidazole rings is 1. The zero-order chi connectivity index (χ0) is 13.1. The van der Waals surface area contributed by atoms with Crippen molar-refractivity contribution in [2.24, 2.45) is 0 Å². The zero-order valence-electron chi connectivity index (χ0n) is 9.64. The average molecular weight is 357 g/mol. The topological polar surface area (TPSA) is 78.0 Å². The van der Waals surface area contributed by atoms with E-state index < -0.39 is 0 Å². The minimum absolute atomic E-state index is 0.0282. The molecule has 0 bridgehead atoms. The number of H-pyrrole nitrogens is 1. The van der Waals surface area contributed by atoms with Gasteiger partial charge in [0.2, 0.25) is 0 Å². The standard InChI is InChI=1S/C12H12IN3O2/c1-7(11-14-4-5-15-11)16-12(18)9-6-8(13)2-3-10(9)17/h2-7,17H,1H3,(H,14,15)(H,16,18). The summed E-state index contributed by atoms with van der Waals surface area (Å²) >= 11 is 2.09. The zero-order valence-corrected chi connectivity index (χ0v) is 11.8. The fourth-order valence-corrected chi connectivity index (χ4v) is 2.04. The number of aromatic hydroxyl groups is 1. The molecule has 1 atom stereocenters. The van der Waals surface area contributed by atoms with Crippen LogP contribution in [-0.2, 0) is 0 Å². The Hall–Kier alpha value is -1.57. The van der Waals surface area contributed by atoms with Crippen LogP contribution in [0.3, 0.4) is 0 Å². The van der Waals surface area contributed by atoms with Crippen LogP contribution < -0.4 is 5.32 Å². The fourth-order valence-electron chi connectivity index (χ4n) is 1.55. The molecule has 1 aromatic carbocycles. The normalized spacial score (nSPS) is 12.1. The summed E-state index contributed by atoms with van der Waals surface area (Å²) in [6.45, 7) is 1.82. The molecule has 2 aromatic rings. The van der Waals surface area contributed by atoms with Gasteiger partial charge >= 0.3 is 0 Å². The molecule has 1 amide bonds. The molecule has 1 aromatic heterocycles. The van der Waals surface area contributed by atoms with Crippen molar-refractivity contribution in [3.05, 3.63) is 45.6 Å². The third-order valence-electron chi connectivity index (χ3n) is 2.48. The molecule has 6 heteroatoms. The first-order chi connectivity index (χ1) is 8.58. The lowest BCUT2D eigenvalue weighted by Gasteiger charge is -2.12. The molecular formula is C12H12IN3O2. The van der Waals surface area contributed by atoms with Gasteiger partial charge in [0, 0.05) is 16.0 Å². The van der Waals surface area contributed by atoms with E-state index in [2.05, 4.69) is 37.9 Å². The van der Waals surface area contributed by atoms with Gasteiger partial charge in [-0.05, 0) is 47.7 Å². The van der Waals surface area contributed by atoms with Crippen LogP contribution in [-0.4, -0.2) is 21.0 Å². The van der Waals surface area contributed by atoms with Crippen LogP contribution in [0.2, 0.25) is 0 Å². The Bertz CT molecular complexity index is 554. The number of carbonyl (C=O) groups excluding carboxylic acids is 1. The summed E-state index contributed by atoms with van der Waals surface area (Å²) in [5.41, 5.74) is 0.264. The van der Waals surface area contributed by atoms with Crippen LogP contribution in [0.5, 0.6) is 5.75 Å². The van der Waals surface area contributed by atoms with Crippen molar-refractivity contribution < 1.29 is 9.90 Å². The van der Waals surface area contributed by atoms with Gasteiger partial charge in [0.1, 0.15) is 11.6 Å². The van der Waals surface area contributed by atoms with E-state index >= 15 is 0 Å². The summed E-state index contributed by atoms with van der Waals surface area (Å²) in [7, 11) is 0. The second kappa shape index (κ2) is 5.38. The van der Waals surface area contributed by atoms with E-state index in [4.69, 9.17) is 0 Å². The van der Waals surface area contributed by atoms with Gasteiger partial charge in [-0.2, -0.15) is 0 Å². The maximum absolute atomic E-state index is 12.0. The van der Waals surface area contributed by atoms with Crippen LogP contribution in [0.25, 0.3) is 0 Å². The third-order valence-corrected chi connectivity index (χ3v) is 3.15. The number of nitrogens with zero attached hydrogens (tertiary/aromatic N) is 1. The van der Waals surface area contributed by atoms with Crippen LogP contribution >= 0.6 is 22.6 Å². The van der Waals surface area contributed by atoms with E-state index in [0.29, 0.717) is 5.82 Å². The van der Waals surface area contributed by atoms with Gasteiger partial charge in [-0.25, -0.2) is 4.98 Å². The largest absolute Gasteiger partial charge is 0.507 e. The molecule has 1 heterocycles. The minimum Gasteiger partial charge on any atom is -0.507 e. The van der Waals surface area contributed by atoms with Crippen molar-refractivity contribution in [1.82, 2.24) is 15.3 Å². The van der Waals surface area contributed by atoms with Gasteiger partial charge in [0.25, 0.3) is 5.91 Å². The SMILES string of the molecule is CC(NC(=O)c1cc(I)ccc1O)c1ncc[nH]1. The number of aromatic amines is 1. The molecule has 0 radical (unpaired) electrons. The molecule has 1 unspecified atom stereocenters. The molecule has 3 N–H and O–H groups in total. The molecular weight excluding hydrogens is 345 g/mol. The van der Waals surface area contributed by atoms with Crippen molar-refractivity contribution in [3.8, 4) is 5.75 Å². The van der Waals surface area contributed by atoms with Crippen LogP contribution in [0.4, 0.5) is 0 Å². The molecule has 0 aliphatic heterocycles. The van der Waals surface area contributed by atoms with Crippen LogP contribution in [0.15, 0.2) is 30.6 Å². The molecule has 18 heavy (non-hydrogen) atoms. The molecule has 0 aliphatic rings. The lowest BCUT2D eigenvalue weighted by molar-refractivity contribution is 0.0935. The van der Waals surface area contributed by atoms with Crippen molar-refractivity contribution in [2.75, 3.05) is 0 Å². The van der Waals surface area contributed by atoms with Crippen molar-refractivity contribution in [3.63, 3.8) is 0 Å². The van der Waals surface area contributed by atoms with Crippen LogP contribution in [0, 0.1) is 3.57 Å². The maximum Gasteiger partial charge on any atom is 0.255 e. The Kier molecular flexibility index (Phi) is 3.85. The first kappa shape index (κ1) is 12.9. The maximum atomic E-state index is 12.0. The van der Waals surface area contributed by atoms with Crippen LogP contribution in [0.1, 0.15) is 29.1 Å². The van der Waals surface area contributed by atoms with Gasteiger partial charge in [-0.15, -0.1) is 0 Å². The minimum atomic E-state index is -0.324. The summed E-state index contributed by atoms with van der Waals surface area (Å²) in [6.07, 6.45) is 3.32. The van der Waals surface area contributed by atoms with Gasteiger partial charge in [0.15, 0.2) is 0 Å². The van der Waals surface area contributed by atoms with Gasteiger partial charge in [0.05, 0.1) is 11.6 Å². The Morgan fingerprint density at radius 3 is 3.00 bits per heavy atom. The molecule has 2 rings (SSSR count). The summed E-state index contributed by atoms with van der Waals surface area (Å²) in [4.78, 5) is 19.0. The molecule has 0 saturated carbocycles. The lowest BCUT2D eigenvalue weighted by atomic mass is 10.1. The highest BCUT2D eigenvalue weighted by Crippen LogP contribution is 2.20. The van der Waals surface area contributed by atoms with Gasteiger partial charge in [-0.1, -0.05) is 0 Å². The van der Waals surface area contributed by atoms with E-state index in [1.165, 1.54) is 6.07 Å². The number of aromatic nitrogens is 2. The highest BCUT2D eigenvalue weighted by molar-refractivity contribution is 14.1. The molecule has 94 valence electrons. The highest BCUT2D eigenvalue weighted by atomic mass is 127. The smallest absolute Gasteiger partial charge is 0.255 e. The first-order valence-electron chi connectivity index (χ1n) is 5.36. The summed E-state index contributed by atoms with van der Waals surface area (Å²) in [5, 5.41) is 12.4. The molecule has 0 aliphatic carbocycles. The number of phenolic OH excluding ortho intramolecular Hbond substituents is 1. The number of phenols is 1. The number of hydrogen-bond donors (Lipinski definition) is 3. The van der Waals surface area contributed by atoms with E-state index in [9.17, 15) is 9.90 Å². The second-order valence-electron chi connectivity index (χ2n) is 3.83. The Morgan fingerprint density at radius 2 is 2.33 bits per heavy atom. The van der Waals surface area contributed by atoms with Crippen molar-refractivity contribution in [2.45, 2.75) is 13.0 Å². The quantitative estimate of drug-likeness (QED) is 0.737. The molecule has 0 fully saturated rings. The number of halogens is 1. The number of nitrogens with one attached hydrogen (secondary N) is 2. The summed E-state index contributed by atoms with van der Waals surface area (Å²) in [5.74, 6) is 0.322. The van der Waals surface area contributed by atoms with E-state index in [1.54, 1.807) is 24.5 Å². The fraction of sp³-hybridized carbons (Fsp3) is 0.167. The number of hydrogen-bond acceptors (Lipinski definition) is 3. The Balaban J connectivity index is 2.15. The molecule has 0 spiro atoms. The Morgan fingerprint density at radius 1 is 1.56 bits per heavy atom. The number of carbonyl (C=O) groups is 1. The Labute approximate surface area is 118 Å². The predicted molar refractivity (Wildman–Crippen MR) is 75.3 cm³/mol. The highest BCUT2D eigenvalue weighted by Gasteiger charge is 2.16. The monoisotopic (exact) mass is 357 g/mol. The number of benzene rings is 1. The summed E-state index contributed by atoms with van der Waals surface area (Å²) in [6, 6.07) is 4.64. The summed E-state index contributed by atoms with van der Waals surface area (Å²) < 4.78 is 0.890. The van der Waals surface area contributed by atoms with E-state index in [-0.39, 0.29) is 23.3 Å². The van der Waals surface area contributed by atoms with Gasteiger partial charge < -0.3 is 15.4 Å². The third kappa shape index (κ3) is 2.81. The first-order valence-corrected chi connectivity index (χ1v) is 6.44.